The normalized spacial score (nSPS) is 11.5. The number of anilines is 1. The number of halogens is 5. The number of esters is 1. The minimum Gasteiger partial charge on any atom is -0.481 e. The molecule has 3 aromatic rings. The fraction of sp³-hybridized carbons (Fsp3) is 0.208. The maximum absolute atomic E-state index is 13.9. The average Bonchev–Trinajstić information content (AvgIpc) is 2.87. The van der Waals surface area contributed by atoms with Crippen LogP contribution in [0.25, 0.3) is 0 Å². The van der Waals surface area contributed by atoms with E-state index in [2.05, 4.69) is 10.4 Å². The lowest BCUT2D eigenvalue weighted by Gasteiger charge is -2.23. The van der Waals surface area contributed by atoms with Crippen LogP contribution in [-0.4, -0.2) is 59.1 Å². The largest absolute Gasteiger partial charge is 0.481 e. The lowest BCUT2D eigenvalue weighted by Crippen LogP contribution is -2.36. The van der Waals surface area contributed by atoms with Crippen LogP contribution in [0.4, 0.5) is 23.2 Å². The first kappa shape index (κ1) is 32.9. The van der Waals surface area contributed by atoms with Gasteiger partial charge in [-0.2, -0.15) is 23.0 Å². The number of rotatable bonds is 11. The third-order valence-corrected chi connectivity index (χ3v) is 5.44. The third-order valence-electron chi connectivity index (χ3n) is 5.12. The number of aliphatic carboxylic acids is 1. The number of nitrogens with one attached hydrogen (secondary N) is 1. The van der Waals surface area contributed by atoms with Crippen LogP contribution >= 0.6 is 11.6 Å². The molecule has 3 rings (SSSR count). The van der Waals surface area contributed by atoms with Crippen molar-refractivity contribution in [2.45, 2.75) is 31.3 Å². The zero-order chi connectivity index (χ0) is 32.1. The summed E-state index contributed by atoms with van der Waals surface area (Å²) in [6, 6.07) is 4.66. The van der Waals surface area contributed by atoms with Gasteiger partial charge in [-0.05, 0) is 24.3 Å². The molecular formula is C24H20B2ClF4N3O9. The highest BCUT2D eigenvalue weighted by Crippen LogP contribution is 2.41. The van der Waals surface area contributed by atoms with Gasteiger partial charge in [-0.25, -0.2) is 4.39 Å². The van der Waals surface area contributed by atoms with Gasteiger partial charge in [0.15, 0.2) is 33.9 Å². The zero-order valence-corrected chi connectivity index (χ0v) is 23.0. The molecule has 0 fully saturated rings. The first-order valence-electron chi connectivity index (χ1n) is 12.0. The Hall–Kier alpha value is -4.57. The van der Waals surface area contributed by atoms with Crippen LogP contribution in [0.2, 0.25) is 5.02 Å². The lowest BCUT2D eigenvalue weighted by atomic mass is 9.76. The molecule has 0 aliphatic heterocycles. The highest BCUT2D eigenvalue weighted by molar-refractivity contribution is 6.37. The molecule has 12 nitrogen and oxygen atoms in total. The Morgan fingerprint density at radius 3 is 2.35 bits per heavy atom. The number of benzene rings is 2. The SMILES string of the molecule is BC(B)(O)Oc1cc(F)ccc1Oc1cc(C(F)(F)F)c(Cl)cc1C(=O)Nc1cnn(COC(=O)CCC(=O)O)c(=O)c1. The van der Waals surface area contributed by atoms with Crippen molar-refractivity contribution in [2.75, 3.05) is 5.32 Å². The summed E-state index contributed by atoms with van der Waals surface area (Å²) in [4.78, 5) is 47.6. The lowest BCUT2D eigenvalue weighted by molar-refractivity contribution is -0.151. The first-order chi connectivity index (χ1) is 19.9. The molecule has 0 radical (unpaired) electrons. The number of carboxylic acids is 1. The smallest absolute Gasteiger partial charge is 0.417 e. The minimum absolute atomic E-state index is 0.224. The van der Waals surface area contributed by atoms with E-state index in [1.165, 1.54) is 15.7 Å². The molecule has 226 valence electrons. The third kappa shape index (κ3) is 9.47. The summed E-state index contributed by atoms with van der Waals surface area (Å²) in [6.07, 6.45) is -4.93. The fourth-order valence-electron chi connectivity index (χ4n) is 3.28. The van der Waals surface area contributed by atoms with Crippen molar-refractivity contribution < 1.29 is 56.4 Å². The molecule has 0 aliphatic carbocycles. The number of aliphatic hydroxyl groups is 1. The fourth-order valence-corrected chi connectivity index (χ4v) is 3.55. The minimum atomic E-state index is -4.97. The van der Waals surface area contributed by atoms with Gasteiger partial charge in [-0.15, -0.1) is 0 Å². The van der Waals surface area contributed by atoms with Crippen LogP contribution in [0.1, 0.15) is 28.8 Å². The standard InChI is InChI=1S/C24H20B2ClF4N3O9/c25-24(26,40)43-18-5-11(28)1-2-16(18)42-17-8-14(23(29,30)31)15(27)7-13(17)22(39)33-12-6-19(35)34(32-9-12)10-41-21(38)4-3-20(36)37/h1-2,5-9,40H,3-4,10,25-26H2,(H,33,39)(H,36,37). The molecule has 2 aromatic carbocycles. The highest BCUT2D eigenvalue weighted by atomic mass is 35.5. The molecule has 0 bridgehead atoms. The second-order valence-electron chi connectivity index (χ2n) is 9.14. The zero-order valence-electron chi connectivity index (χ0n) is 22.2. The summed E-state index contributed by atoms with van der Waals surface area (Å²) in [5.41, 5.74) is -4.86. The maximum atomic E-state index is 13.9. The second-order valence-corrected chi connectivity index (χ2v) is 9.55. The summed E-state index contributed by atoms with van der Waals surface area (Å²) < 4.78 is 70.9. The molecular weight excluding hydrogens is 607 g/mol. The maximum Gasteiger partial charge on any atom is 0.417 e. The van der Waals surface area contributed by atoms with Crippen molar-refractivity contribution in [1.29, 1.82) is 0 Å². The summed E-state index contributed by atoms with van der Waals surface area (Å²) in [5, 5.41) is 23.7. The number of amides is 1. The predicted molar refractivity (Wildman–Crippen MR) is 145 cm³/mol. The van der Waals surface area contributed by atoms with Crippen LogP contribution in [0.15, 0.2) is 47.4 Å². The molecule has 1 aromatic heterocycles. The van der Waals surface area contributed by atoms with Crippen molar-refractivity contribution in [2.24, 2.45) is 0 Å². The van der Waals surface area contributed by atoms with Crippen LogP contribution in [-0.2, 0) is 27.2 Å². The number of ether oxygens (including phenoxy) is 3. The van der Waals surface area contributed by atoms with E-state index in [1.807, 2.05) is 0 Å². The van der Waals surface area contributed by atoms with Gasteiger partial charge >= 0.3 is 18.1 Å². The Balaban J connectivity index is 1.91. The van der Waals surface area contributed by atoms with E-state index in [-0.39, 0.29) is 11.4 Å². The van der Waals surface area contributed by atoms with E-state index >= 15 is 0 Å². The number of carbonyl (C=O) groups excluding carboxylic acids is 2. The monoisotopic (exact) mass is 627 g/mol. The molecule has 0 saturated heterocycles. The van der Waals surface area contributed by atoms with Crippen molar-refractivity contribution in [1.82, 2.24) is 9.78 Å². The molecule has 3 N–H and O–H groups in total. The van der Waals surface area contributed by atoms with E-state index in [9.17, 15) is 41.8 Å². The molecule has 19 heteroatoms. The molecule has 1 amide bonds. The second kappa shape index (κ2) is 13.2. The Morgan fingerprint density at radius 1 is 1.05 bits per heavy atom. The van der Waals surface area contributed by atoms with Gasteiger partial charge in [0, 0.05) is 12.1 Å². The van der Waals surface area contributed by atoms with Crippen LogP contribution in [0, 0.1) is 5.82 Å². The topological polar surface area (TPSA) is 166 Å². The van der Waals surface area contributed by atoms with E-state index in [1.54, 1.807) is 0 Å². The van der Waals surface area contributed by atoms with Crippen molar-refractivity contribution in [3.05, 3.63) is 74.9 Å². The number of carbonyl (C=O) groups is 3. The summed E-state index contributed by atoms with van der Waals surface area (Å²) in [6.45, 7) is -0.662. The number of hydrogen-bond donors (Lipinski definition) is 3. The van der Waals surface area contributed by atoms with Gasteiger partial charge in [0.2, 0.25) is 0 Å². The summed E-state index contributed by atoms with van der Waals surface area (Å²) >= 11 is 5.82. The van der Waals surface area contributed by atoms with Gasteiger partial charge in [0.05, 0.1) is 40.9 Å². The number of aromatic nitrogens is 2. The molecule has 0 spiro atoms. The van der Waals surface area contributed by atoms with Crippen molar-refractivity contribution in [3.63, 3.8) is 0 Å². The molecule has 1 heterocycles. The van der Waals surface area contributed by atoms with Crippen LogP contribution in [0.3, 0.4) is 0 Å². The van der Waals surface area contributed by atoms with Gasteiger partial charge in [-0.3, -0.25) is 19.2 Å². The Kier molecular flexibility index (Phi) is 10.1. The number of alkyl halides is 3. The van der Waals surface area contributed by atoms with E-state index < -0.39 is 88.2 Å². The molecule has 0 saturated carbocycles. The van der Waals surface area contributed by atoms with E-state index in [0.717, 1.165) is 30.5 Å². The van der Waals surface area contributed by atoms with E-state index in [0.29, 0.717) is 16.8 Å². The number of carboxylic acid groups (broad SMARTS) is 1. The quantitative estimate of drug-likeness (QED) is 0.123. The van der Waals surface area contributed by atoms with Gasteiger partial charge < -0.3 is 29.7 Å². The van der Waals surface area contributed by atoms with Crippen molar-refractivity contribution in [3.8, 4) is 17.2 Å². The summed E-state index contributed by atoms with van der Waals surface area (Å²) in [5.74, 6) is -5.52. The first-order valence-corrected chi connectivity index (χ1v) is 12.4. The Bertz CT molecular complexity index is 1610. The molecule has 43 heavy (non-hydrogen) atoms. The summed E-state index contributed by atoms with van der Waals surface area (Å²) in [7, 11) is 2.41. The van der Waals surface area contributed by atoms with Crippen molar-refractivity contribution >= 4 is 50.8 Å². The van der Waals surface area contributed by atoms with Crippen LogP contribution in [0.5, 0.6) is 17.2 Å². The number of nitrogens with zero attached hydrogens (tertiary/aromatic N) is 2. The average molecular weight is 628 g/mol. The van der Waals surface area contributed by atoms with Gasteiger partial charge in [0.1, 0.15) is 17.2 Å². The molecule has 0 unspecified atom stereocenters. The molecule has 0 aliphatic rings. The predicted octanol–water partition coefficient (Wildman–Crippen LogP) is 1.71. The van der Waals surface area contributed by atoms with Gasteiger partial charge in [0.25, 0.3) is 11.5 Å². The Morgan fingerprint density at radius 2 is 1.74 bits per heavy atom. The number of hydrogen-bond acceptors (Lipinski definition) is 9. The van der Waals surface area contributed by atoms with E-state index in [4.69, 9.17) is 30.9 Å². The highest BCUT2D eigenvalue weighted by Gasteiger charge is 2.35. The van der Waals surface area contributed by atoms with Crippen LogP contribution < -0.4 is 20.3 Å². The Labute approximate surface area is 245 Å². The van der Waals surface area contributed by atoms with Gasteiger partial charge in [-0.1, -0.05) is 11.6 Å². The molecule has 0 atom stereocenters.